The second-order valence-corrected chi connectivity index (χ2v) is 6.04. The number of carbonyl (C=O) groups is 2. The van der Waals surface area contributed by atoms with Crippen LogP contribution in [0.1, 0.15) is 31.2 Å². The van der Waals surface area contributed by atoms with Gasteiger partial charge in [0.2, 0.25) is 11.8 Å². The second-order valence-electron chi connectivity index (χ2n) is 6.04. The summed E-state index contributed by atoms with van der Waals surface area (Å²) in [6.07, 6.45) is 3.70. The maximum atomic E-state index is 12.9. The quantitative estimate of drug-likeness (QED) is 0.784. The molecule has 2 heterocycles. The van der Waals surface area contributed by atoms with E-state index in [1.165, 1.54) is 17.0 Å². The lowest BCUT2D eigenvalue weighted by atomic mass is 9.98. The number of benzene rings is 1. The minimum Gasteiger partial charge on any atom is -0.378 e. The van der Waals surface area contributed by atoms with Gasteiger partial charge in [-0.15, -0.1) is 0 Å². The Kier molecular flexibility index (Phi) is 4.52. The number of halogens is 1. The fraction of sp³-hybridized carbons (Fsp3) is 0.529. The zero-order valence-electron chi connectivity index (χ0n) is 12.5. The predicted octanol–water partition coefficient (Wildman–Crippen LogP) is 2.31. The van der Waals surface area contributed by atoms with E-state index in [2.05, 4.69) is 0 Å². The molecule has 1 aromatic carbocycles. The summed E-state index contributed by atoms with van der Waals surface area (Å²) in [6.45, 7) is 1.22. The molecule has 0 saturated carbocycles. The van der Waals surface area contributed by atoms with Crippen molar-refractivity contribution in [3.63, 3.8) is 0 Å². The van der Waals surface area contributed by atoms with Gasteiger partial charge >= 0.3 is 0 Å². The van der Waals surface area contributed by atoms with Crippen LogP contribution in [0.3, 0.4) is 0 Å². The van der Waals surface area contributed by atoms with Crippen LogP contribution < -0.4 is 0 Å². The van der Waals surface area contributed by atoms with Gasteiger partial charge in [-0.1, -0.05) is 12.1 Å². The Labute approximate surface area is 129 Å². The molecule has 118 valence electrons. The van der Waals surface area contributed by atoms with Gasteiger partial charge in [-0.3, -0.25) is 14.5 Å². The Morgan fingerprint density at radius 1 is 1.23 bits per heavy atom. The molecule has 5 heteroatoms. The summed E-state index contributed by atoms with van der Waals surface area (Å²) >= 11 is 0. The second kappa shape index (κ2) is 6.57. The van der Waals surface area contributed by atoms with E-state index in [9.17, 15) is 14.0 Å². The van der Waals surface area contributed by atoms with Crippen LogP contribution in [0.2, 0.25) is 0 Å². The zero-order chi connectivity index (χ0) is 15.5. The van der Waals surface area contributed by atoms with Gasteiger partial charge in [-0.05, 0) is 43.4 Å². The van der Waals surface area contributed by atoms with E-state index in [1.54, 1.807) is 12.1 Å². The average Bonchev–Trinajstić information content (AvgIpc) is 3.10. The van der Waals surface area contributed by atoms with Crippen LogP contribution in [-0.2, 0) is 20.7 Å². The summed E-state index contributed by atoms with van der Waals surface area (Å²) in [5.74, 6) is -0.819. The molecule has 0 unspecified atom stereocenters. The number of likely N-dealkylation sites (tertiary alicyclic amines) is 1. The van der Waals surface area contributed by atoms with Gasteiger partial charge in [0.15, 0.2) is 0 Å². The molecule has 2 aliphatic heterocycles. The largest absolute Gasteiger partial charge is 0.378 e. The highest BCUT2D eigenvalue weighted by Crippen LogP contribution is 2.25. The third-order valence-electron chi connectivity index (χ3n) is 4.43. The number of rotatable bonds is 5. The smallest absolute Gasteiger partial charge is 0.233 e. The molecular weight excluding hydrogens is 285 g/mol. The summed E-state index contributed by atoms with van der Waals surface area (Å²) in [6, 6.07) is 6.10. The van der Waals surface area contributed by atoms with E-state index < -0.39 is 0 Å². The third-order valence-corrected chi connectivity index (χ3v) is 4.43. The number of hydrogen-bond donors (Lipinski definition) is 0. The van der Waals surface area contributed by atoms with Gasteiger partial charge in [-0.25, -0.2) is 4.39 Å². The lowest BCUT2D eigenvalue weighted by Gasteiger charge is -2.17. The van der Waals surface area contributed by atoms with Crippen LogP contribution in [0, 0.1) is 11.7 Å². The highest BCUT2D eigenvalue weighted by atomic mass is 19.1. The Balaban J connectivity index is 1.57. The van der Waals surface area contributed by atoms with Crippen molar-refractivity contribution in [3.05, 3.63) is 35.6 Å². The monoisotopic (exact) mass is 305 g/mol. The number of amides is 2. The van der Waals surface area contributed by atoms with Crippen molar-refractivity contribution in [3.8, 4) is 0 Å². The zero-order valence-corrected chi connectivity index (χ0v) is 12.5. The van der Waals surface area contributed by atoms with E-state index >= 15 is 0 Å². The normalized spacial score (nSPS) is 25.2. The van der Waals surface area contributed by atoms with Crippen molar-refractivity contribution in [2.75, 3.05) is 13.2 Å². The molecule has 2 atom stereocenters. The van der Waals surface area contributed by atoms with Gasteiger partial charge in [0.25, 0.3) is 0 Å². The van der Waals surface area contributed by atoms with Gasteiger partial charge in [0.05, 0.1) is 12.0 Å². The van der Waals surface area contributed by atoms with Crippen LogP contribution in [0.15, 0.2) is 24.3 Å². The Bertz CT molecular complexity index is 552. The number of hydrogen-bond acceptors (Lipinski definition) is 3. The van der Waals surface area contributed by atoms with Gasteiger partial charge < -0.3 is 4.74 Å². The summed E-state index contributed by atoms with van der Waals surface area (Å²) in [7, 11) is 0. The van der Waals surface area contributed by atoms with Crippen LogP contribution in [-0.4, -0.2) is 36.0 Å². The summed E-state index contributed by atoms with van der Waals surface area (Å²) in [5.41, 5.74) is 0.883. The van der Waals surface area contributed by atoms with Gasteiger partial charge in [-0.2, -0.15) is 0 Å². The van der Waals surface area contributed by atoms with Gasteiger partial charge in [0, 0.05) is 19.6 Å². The Hall–Kier alpha value is -1.75. The SMILES string of the molecule is O=C1C[C@H](Cc2ccc(F)cc2)C(=O)N1CC[C@@H]1CCCO1. The number of ether oxygens (including phenoxy) is 1. The van der Waals surface area contributed by atoms with E-state index in [1.807, 2.05) is 0 Å². The van der Waals surface area contributed by atoms with Crippen molar-refractivity contribution in [1.82, 2.24) is 4.90 Å². The van der Waals surface area contributed by atoms with Crippen molar-refractivity contribution in [2.45, 2.75) is 38.2 Å². The molecule has 0 aromatic heterocycles. The minimum absolute atomic E-state index is 0.102. The van der Waals surface area contributed by atoms with Gasteiger partial charge in [0.1, 0.15) is 5.82 Å². The van der Waals surface area contributed by atoms with Crippen molar-refractivity contribution in [2.24, 2.45) is 5.92 Å². The van der Waals surface area contributed by atoms with E-state index in [0.717, 1.165) is 31.4 Å². The first-order valence-corrected chi connectivity index (χ1v) is 7.84. The molecule has 2 saturated heterocycles. The molecule has 2 amide bonds. The van der Waals surface area contributed by atoms with Crippen molar-refractivity contribution >= 4 is 11.8 Å². The minimum atomic E-state index is -0.317. The van der Waals surface area contributed by atoms with Crippen LogP contribution in [0.4, 0.5) is 4.39 Å². The third kappa shape index (κ3) is 3.35. The average molecular weight is 305 g/mol. The molecule has 0 spiro atoms. The molecule has 0 bridgehead atoms. The molecule has 22 heavy (non-hydrogen) atoms. The van der Waals surface area contributed by atoms with E-state index in [-0.39, 0.29) is 36.1 Å². The Morgan fingerprint density at radius 3 is 2.68 bits per heavy atom. The number of imide groups is 1. The lowest BCUT2D eigenvalue weighted by molar-refractivity contribution is -0.139. The molecule has 3 rings (SSSR count). The summed E-state index contributed by atoms with van der Waals surface area (Å²) in [5, 5.41) is 0. The van der Waals surface area contributed by atoms with E-state index in [4.69, 9.17) is 4.74 Å². The molecule has 2 aliphatic rings. The molecule has 0 aliphatic carbocycles. The highest BCUT2D eigenvalue weighted by molar-refractivity contribution is 6.03. The first-order chi connectivity index (χ1) is 10.6. The lowest BCUT2D eigenvalue weighted by Crippen LogP contribution is -2.33. The first kappa shape index (κ1) is 15.2. The molecule has 2 fully saturated rings. The van der Waals surface area contributed by atoms with Crippen LogP contribution in [0.5, 0.6) is 0 Å². The molecule has 1 aromatic rings. The fourth-order valence-electron chi connectivity index (χ4n) is 3.20. The topological polar surface area (TPSA) is 46.6 Å². The summed E-state index contributed by atoms with van der Waals surface area (Å²) < 4.78 is 18.4. The van der Waals surface area contributed by atoms with Crippen molar-refractivity contribution < 1.29 is 18.7 Å². The molecule has 0 N–H and O–H groups in total. The van der Waals surface area contributed by atoms with Crippen LogP contribution in [0.25, 0.3) is 0 Å². The maximum Gasteiger partial charge on any atom is 0.233 e. The predicted molar refractivity (Wildman–Crippen MR) is 78.5 cm³/mol. The van der Waals surface area contributed by atoms with Crippen LogP contribution >= 0.6 is 0 Å². The fourth-order valence-corrected chi connectivity index (χ4v) is 3.20. The molecular formula is C17H20FNO3. The van der Waals surface area contributed by atoms with Crippen molar-refractivity contribution in [1.29, 1.82) is 0 Å². The van der Waals surface area contributed by atoms with E-state index in [0.29, 0.717) is 13.0 Å². The highest BCUT2D eigenvalue weighted by Gasteiger charge is 2.38. The number of nitrogens with zero attached hydrogens (tertiary/aromatic N) is 1. The summed E-state index contributed by atoms with van der Waals surface area (Å²) in [4.78, 5) is 25.8. The maximum absolute atomic E-state index is 12.9. The molecule has 0 radical (unpaired) electrons. The standard InChI is InChI=1S/C17H20FNO3/c18-14-5-3-12(4-6-14)10-13-11-16(20)19(17(13)21)8-7-15-2-1-9-22-15/h3-6,13,15H,1-2,7-11H2/t13-,15-/m0/s1. The molecule has 4 nitrogen and oxygen atoms in total. The first-order valence-electron chi connectivity index (χ1n) is 7.84. The Morgan fingerprint density at radius 2 is 2.00 bits per heavy atom. The number of carbonyl (C=O) groups excluding carboxylic acids is 2.